The Morgan fingerprint density at radius 2 is 1.68 bits per heavy atom. The van der Waals surface area contributed by atoms with Crippen LogP contribution in [0.15, 0.2) is 84.0 Å². The molecular weight excluding hydrogens is 529 g/mol. The third-order valence-corrected chi connectivity index (χ3v) is 8.39. The Kier molecular flexibility index (Phi) is 6.92. The van der Waals surface area contributed by atoms with Crippen LogP contribution in [-0.2, 0) is 21.2 Å². The topological polar surface area (TPSA) is 103 Å². The van der Waals surface area contributed by atoms with E-state index in [0.29, 0.717) is 5.56 Å². The second-order valence-corrected chi connectivity index (χ2v) is 11.4. The average molecular weight is 552 g/mol. The number of pyridine rings is 1. The largest absolute Gasteiger partial charge is 0.497 e. The number of aromatic nitrogens is 1. The Labute approximate surface area is 224 Å². The van der Waals surface area contributed by atoms with E-state index in [-0.39, 0.29) is 27.7 Å². The molecule has 0 unspecified atom stereocenters. The van der Waals surface area contributed by atoms with Gasteiger partial charge in [0.2, 0.25) is 5.91 Å². The van der Waals surface area contributed by atoms with Gasteiger partial charge in [-0.25, -0.2) is 12.8 Å². The van der Waals surface area contributed by atoms with Gasteiger partial charge in [-0.05, 0) is 47.0 Å². The number of amides is 1. The average Bonchev–Trinajstić information content (AvgIpc) is 2.97. The highest BCUT2D eigenvalue weighted by Crippen LogP contribution is 2.37. The molecule has 3 aromatic carbocycles. The number of sulfone groups is 1. The van der Waals surface area contributed by atoms with E-state index in [4.69, 9.17) is 22.1 Å². The van der Waals surface area contributed by atoms with E-state index in [9.17, 15) is 13.2 Å². The van der Waals surface area contributed by atoms with Crippen LogP contribution in [-0.4, -0.2) is 38.2 Å². The highest BCUT2D eigenvalue weighted by Gasteiger charge is 2.37. The van der Waals surface area contributed by atoms with Crippen molar-refractivity contribution in [3.63, 3.8) is 0 Å². The number of nitrogens with two attached hydrogens (primary N) is 1. The van der Waals surface area contributed by atoms with Gasteiger partial charge in [0.1, 0.15) is 11.6 Å². The molecule has 194 valence electrons. The lowest BCUT2D eigenvalue weighted by atomic mass is 10.0. The lowest BCUT2D eigenvalue weighted by molar-refractivity contribution is -0.119. The maximum absolute atomic E-state index is 15.2. The lowest BCUT2D eigenvalue weighted by Gasteiger charge is -2.25. The number of fused-ring (bicyclic) bond motifs is 1. The van der Waals surface area contributed by atoms with E-state index in [1.807, 2.05) is 48.5 Å². The first-order valence-corrected chi connectivity index (χ1v) is 13.7. The molecule has 0 fully saturated rings. The van der Waals surface area contributed by atoms with Gasteiger partial charge in [-0.2, -0.15) is 0 Å². The number of carbonyl (C=O) groups excluding carboxylic acids is 1. The number of anilines is 1. The van der Waals surface area contributed by atoms with Gasteiger partial charge in [0.15, 0.2) is 9.84 Å². The van der Waals surface area contributed by atoms with Crippen LogP contribution in [0.5, 0.6) is 5.75 Å². The summed E-state index contributed by atoms with van der Waals surface area (Å²) >= 11 is 6.04. The molecule has 0 aliphatic carbocycles. The fourth-order valence-corrected chi connectivity index (χ4v) is 6.17. The minimum Gasteiger partial charge on any atom is -0.497 e. The van der Waals surface area contributed by atoms with E-state index in [1.165, 1.54) is 29.4 Å². The highest BCUT2D eigenvalue weighted by atomic mass is 35.5. The van der Waals surface area contributed by atoms with Crippen molar-refractivity contribution in [1.82, 2.24) is 4.98 Å². The monoisotopic (exact) mass is 551 g/mol. The molecule has 1 amide bonds. The molecule has 10 heteroatoms. The predicted octanol–water partition coefficient (Wildman–Crippen LogP) is 4.86. The Bertz CT molecular complexity index is 1630. The predicted molar refractivity (Wildman–Crippen MR) is 144 cm³/mol. The summed E-state index contributed by atoms with van der Waals surface area (Å²) in [5, 5.41) is 0.288. The Morgan fingerprint density at radius 1 is 1.03 bits per heavy atom. The first-order valence-electron chi connectivity index (χ1n) is 11.6. The smallest absolute Gasteiger partial charge is 0.245 e. The third kappa shape index (κ3) is 5.00. The summed E-state index contributed by atoms with van der Waals surface area (Å²) < 4.78 is 46.6. The van der Waals surface area contributed by atoms with Gasteiger partial charge in [-0.15, -0.1) is 0 Å². The van der Waals surface area contributed by atoms with Crippen molar-refractivity contribution in [2.75, 3.05) is 17.8 Å². The van der Waals surface area contributed by atoms with E-state index >= 15 is 4.39 Å². The number of hydrogen-bond acceptors (Lipinski definition) is 6. The molecule has 0 spiro atoms. The molecule has 0 radical (unpaired) electrons. The van der Waals surface area contributed by atoms with E-state index in [2.05, 4.69) is 4.98 Å². The number of carbonyl (C=O) groups is 1. The van der Waals surface area contributed by atoms with Crippen molar-refractivity contribution < 1.29 is 22.3 Å². The van der Waals surface area contributed by atoms with Crippen LogP contribution in [0.25, 0.3) is 22.3 Å². The molecule has 2 heterocycles. The molecule has 1 atom stereocenters. The van der Waals surface area contributed by atoms with Crippen molar-refractivity contribution >= 4 is 33.0 Å². The molecule has 2 N–H and O–H groups in total. The zero-order chi connectivity index (χ0) is 27.0. The number of benzene rings is 3. The minimum atomic E-state index is -4.04. The zero-order valence-corrected chi connectivity index (χ0v) is 21.8. The molecule has 38 heavy (non-hydrogen) atoms. The number of hydrogen-bond donors (Lipinski definition) is 1. The summed E-state index contributed by atoms with van der Waals surface area (Å²) in [6, 6.07) is 17.6. The molecular formula is C28H23ClFN3O4S. The second kappa shape index (κ2) is 10.2. The van der Waals surface area contributed by atoms with Crippen molar-refractivity contribution in [3.05, 3.63) is 95.5 Å². The maximum atomic E-state index is 15.2. The number of nitrogens with zero attached hydrogens (tertiary/aromatic N) is 2. The third-order valence-electron chi connectivity index (χ3n) is 6.39. The van der Waals surface area contributed by atoms with Crippen molar-refractivity contribution in [2.24, 2.45) is 5.73 Å². The van der Waals surface area contributed by atoms with Gasteiger partial charge in [0, 0.05) is 23.5 Å². The van der Waals surface area contributed by atoms with Gasteiger partial charge in [-0.1, -0.05) is 48.0 Å². The molecule has 5 rings (SSSR count). The lowest BCUT2D eigenvalue weighted by Crippen LogP contribution is -2.45. The van der Waals surface area contributed by atoms with Crippen LogP contribution in [0, 0.1) is 5.82 Å². The molecule has 1 aromatic heterocycles. The molecule has 1 aliphatic heterocycles. The van der Waals surface area contributed by atoms with Crippen LogP contribution in [0.2, 0.25) is 5.02 Å². The molecule has 0 saturated carbocycles. The minimum absolute atomic E-state index is 0.0385. The highest BCUT2D eigenvalue weighted by molar-refractivity contribution is 7.91. The Balaban J connectivity index is 1.56. The van der Waals surface area contributed by atoms with Gasteiger partial charge in [0.25, 0.3) is 0 Å². The molecule has 7 nitrogen and oxygen atoms in total. The van der Waals surface area contributed by atoms with Crippen LogP contribution in [0.4, 0.5) is 10.1 Å². The first kappa shape index (κ1) is 25.8. The van der Waals surface area contributed by atoms with Crippen LogP contribution >= 0.6 is 11.6 Å². The summed E-state index contributed by atoms with van der Waals surface area (Å²) in [6.07, 6.45) is 2.82. The zero-order valence-electron chi connectivity index (χ0n) is 20.3. The Morgan fingerprint density at radius 3 is 2.32 bits per heavy atom. The van der Waals surface area contributed by atoms with Gasteiger partial charge in [0.05, 0.1) is 41.1 Å². The number of methoxy groups -OCH3 is 1. The van der Waals surface area contributed by atoms with Gasteiger partial charge < -0.3 is 15.4 Å². The summed E-state index contributed by atoms with van der Waals surface area (Å²) in [4.78, 5) is 18.3. The quantitative estimate of drug-likeness (QED) is 0.380. The van der Waals surface area contributed by atoms with E-state index in [0.717, 1.165) is 28.5 Å². The van der Waals surface area contributed by atoms with Crippen molar-refractivity contribution in [1.29, 1.82) is 0 Å². The number of rotatable bonds is 5. The van der Waals surface area contributed by atoms with Crippen molar-refractivity contribution in [3.8, 4) is 28.0 Å². The summed E-state index contributed by atoms with van der Waals surface area (Å²) in [5.74, 6) is -1.22. The van der Waals surface area contributed by atoms with Gasteiger partial charge in [-0.3, -0.25) is 9.78 Å². The standard InChI is InChI=1S/C28H23ClFN3O4S/c1-37-22-8-6-19(7-9-22)18-4-2-17(3-5-18)15-33-26-11-23(20-10-21(29)14-32-13-20)24(30)12-27(26)38(35,36)16-25(31)28(33)34/h2-14,25H,15-16,31H2,1H3/t25-/m0/s1. The van der Waals surface area contributed by atoms with E-state index in [1.54, 1.807) is 7.11 Å². The summed E-state index contributed by atoms with van der Waals surface area (Å²) in [5.41, 5.74) is 9.15. The molecule has 4 aromatic rings. The SMILES string of the molecule is COc1ccc(-c2ccc(CN3C(=O)[C@@H](N)CS(=O)(=O)c4cc(F)c(-c5cncc(Cl)c5)cc43)cc2)cc1. The van der Waals surface area contributed by atoms with Crippen LogP contribution in [0.1, 0.15) is 5.56 Å². The molecule has 0 saturated heterocycles. The van der Waals surface area contributed by atoms with Crippen LogP contribution in [0.3, 0.4) is 0 Å². The molecule has 0 bridgehead atoms. The summed E-state index contributed by atoms with van der Waals surface area (Å²) in [6.45, 7) is 0.0385. The molecule has 1 aliphatic rings. The van der Waals surface area contributed by atoms with Crippen LogP contribution < -0.4 is 15.4 Å². The Hall–Kier alpha value is -3.79. The van der Waals surface area contributed by atoms with Crippen molar-refractivity contribution in [2.45, 2.75) is 17.5 Å². The fraction of sp³-hybridized carbons (Fsp3) is 0.143. The number of ether oxygens (including phenoxy) is 1. The van der Waals surface area contributed by atoms with Gasteiger partial charge >= 0.3 is 0 Å². The summed E-state index contributed by atoms with van der Waals surface area (Å²) in [7, 11) is -2.44. The fourth-order valence-electron chi connectivity index (χ4n) is 4.43. The van der Waals surface area contributed by atoms with E-state index < -0.39 is 33.4 Å². The number of halogens is 2. The second-order valence-electron chi connectivity index (χ2n) is 8.93. The maximum Gasteiger partial charge on any atom is 0.245 e. The first-order chi connectivity index (χ1) is 18.2. The normalized spacial score (nSPS) is 16.6.